The van der Waals surface area contributed by atoms with Crippen molar-refractivity contribution >= 4 is 11.9 Å². The number of rotatable bonds is 7. The molecule has 2 rings (SSSR count). The maximum absolute atomic E-state index is 11.5. The molecular weight excluding hydrogens is 328 g/mol. The molecule has 0 spiro atoms. The van der Waals surface area contributed by atoms with Crippen molar-refractivity contribution in [3.63, 3.8) is 0 Å². The van der Waals surface area contributed by atoms with E-state index in [0.29, 0.717) is 35.5 Å². The highest BCUT2D eigenvalue weighted by atomic mass is 16.5. The van der Waals surface area contributed by atoms with Crippen molar-refractivity contribution in [3.8, 4) is 22.6 Å². The Balaban J connectivity index is 2.68. The second-order valence-corrected chi connectivity index (χ2v) is 5.83. The van der Waals surface area contributed by atoms with Gasteiger partial charge in [0.05, 0.1) is 0 Å². The fourth-order valence-electron chi connectivity index (χ4n) is 2.65. The number of allylic oxidation sites excluding steroid dienone is 2. The van der Waals surface area contributed by atoms with Crippen LogP contribution in [0.5, 0.6) is 11.5 Å². The number of carbonyl (C=O) groups is 2. The monoisotopic (exact) mass is 350 g/mol. The molecule has 0 atom stereocenters. The molecule has 4 nitrogen and oxygen atoms in total. The maximum atomic E-state index is 11.5. The third-order valence-electron chi connectivity index (χ3n) is 3.65. The molecule has 2 aromatic carbocycles. The van der Waals surface area contributed by atoms with E-state index >= 15 is 0 Å². The lowest BCUT2D eigenvalue weighted by molar-refractivity contribution is -0.132. The summed E-state index contributed by atoms with van der Waals surface area (Å²) in [6.45, 7) is 10.2. The first kappa shape index (κ1) is 19.2. The molecule has 26 heavy (non-hydrogen) atoms. The molecule has 0 fully saturated rings. The standard InChI is InChI=1S/C22H22O4/c1-5-7-17-9-11-21(25-15(3)23)19(13-17)20-14-18(8-6-2)10-12-22(20)26-16(4)24/h5-6,9-14H,1-2,7-8H2,3-4H3. The summed E-state index contributed by atoms with van der Waals surface area (Å²) >= 11 is 0. The van der Waals surface area contributed by atoms with Gasteiger partial charge in [0.25, 0.3) is 0 Å². The Morgan fingerprint density at radius 3 is 1.50 bits per heavy atom. The molecule has 0 aromatic heterocycles. The Morgan fingerprint density at radius 1 is 0.808 bits per heavy atom. The first-order chi connectivity index (χ1) is 12.4. The molecule has 0 saturated heterocycles. The Morgan fingerprint density at radius 2 is 1.19 bits per heavy atom. The Labute approximate surface area is 153 Å². The third-order valence-corrected chi connectivity index (χ3v) is 3.65. The number of esters is 2. The zero-order valence-corrected chi connectivity index (χ0v) is 15.1. The van der Waals surface area contributed by atoms with Gasteiger partial charge in [-0.2, -0.15) is 0 Å². The predicted octanol–water partition coefficient (Wildman–Crippen LogP) is 4.66. The van der Waals surface area contributed by atoms with Gasteiger partial charge in [0.15, 0.2) is 0 Å². The molecule has 0 bridgehead atoms. The second-order valence-electron chi connectivity index (χ2n) is 5.83. The molecule has 2 aromatic rings. The average Bonchev–Trinajstić information content (AvgIpc) is 2.57. The van der Waals surface area contributed by atoms with Crippen LogP contribution in [0.25, 0.3) is 11.1 Å². The highest BCUT2D eigenvalue weighted by Gasteiger charge is 2.16. The van der Waals surface area contributed by atoms with E-state index in [-0.39, 0.29) is 0 Å². The van der Waals surface area contributed by atoms with E-state index in [4.69, 9.17) is 9.47 Å². The lowest BCUT2D eigenvalue weighted by Crippen LogP contribution is -2.06. The van der Waals surface area contributed by atoms with Crippen LogP contribution in [0.1, 0.15) is 25.0 Å². The normalized spacial score (nSPS) is 10.1. The molecule has 0 heterocycles. The summed E-state index contributed by atoms with van der Waals surface area (Å²) in [5, 5.41) is 0. The Hall–Kier alpha value is -3.14. The van der Waals surface area contributed by atoms with Gasteiger partial charge in [-0.25, -0.2) is 0 Å². The highest BCUT2D eigenvalue weighted by Crippen LogP contribution is 2.38. The van der Waals surface area contributed by atoms with Gasteiger partial charge >= 0.3 is 11.9 Å². The van der Waals surface area contributed by atoms with Crippen molar-refractivity contribution in [2.75, 3.05) is 0 Å². The Bertz CT molecular complexity index is 778. The molecule has 0 aliphatic carbocycles. The van der Waals surface area contributed by atoms with Gasteiger partial charge in [-0.05, 0) is 48.2 Å². The van der Waals surface area contributed by atoms with E-state index in [2.05, 4.69) is 13.2 Å². The second kappa shape index (κ2) is 8.81. The van der Waals surface area contributed by atoms with Crippen LogP contribution in [0, 0.1) is 0 Å². The fraction of sp³-hybridized carbons (Fsp3) is 0.182. The van der Waals surface area contributed by atoms with Crippen LogP contribution in [0.3, 0.4) is 0 Å². The predicted molar refractivity (Wildman–Crippen MR) is 102 cm³/mol. The highest BCUT2D eigenvalue weighted by molar-refractivity contribution is 5.82. The first-order valence-corrected chi connectivity index (χ1v) is 8.29. The van der Waals surface area contributed by atoms with Crippen LogP contribution in [-0.4, -0.2) is 11.9 Å². The minimum atomic E-state index is -0.418. The van der Waals surface area contributed by atoms with Gasteiger partial charge in [0.1, 0.15) is 11.5 Å². The van der Waals surface area contributed by atoms with Crippen molar-refractivity contribution in [1.82, 2.24) is 0 Å². The summed E-state index contributed by atoms with van der Waals surface area (Å²) < 4.78 is 10.7. The van der Waals surface area contributed by atoms with Gasteiger partial charge in [-0.15, -0.1) is 13.2 Å². The maximum Gasteiger partial charge on any atom is 0.308 e. The van der Waals surface area contributed by atoms with Gasteiger partial charge in [-0.1, -0.05) is 24.3 Å². The smallest absolute Gasteiger partial charge is 0.308 e. The SMILES string of the molecule is C=CCc1ccc(OC(C)=O)c(-c2cc(CC=C)ccc2OC(C)=O)c1. The molecule has 0 amide bonds. The average molecular weight is 350 g/mol. The van der Waals surface area contributed by atoms with Crippen molar-refractivity contribution in [1.29, 1.82) is 0 Å². The minimum absolute atomic E-state index is 0.412. The van der Waals surface area contributed by atoms with E-state index in [1.54, 1.807) is 24.3 Å². The zero-order valence-electron chi connectivity index (χ0n) is 15.1. The summed E-state index contributed by atoms with van der Waals surface area (Å²) in [7, 11) is 0. The third kappa shape index (κ3) is 4.93. The van der Waals surface area contributed by atoms with Gasteiger partial charge in [-0.3, -0.25) is 9.59 Å². The minimum Gasteiger partial charge on any atom is -0.426 e. The van der Waals surface area contributed by atoms with Gasteiger partial charge < -0.3 is 9.47 Å². The van der Waals surface area contributed by atoms with Crippen LogP contribution in [0.4, 0.5) is 0 Å². The van der Waals surface area contributed by atoms with Crippen LogP contribution in [0.15, 0.2) is 61.7 Å². The lowest BCUT2D eigenvalue weighted by atomic mass is 9.97. The molecule has 0 aliphatic rings. The van der Waals surface area contributed by atoms with Gasteiger partial charge in [0.2, 0.25) is 0 Å². The van der Waals surface area contributed by atoms with Crippen molar-refractivity contribution < 1.29 is 19.1 Å². The Kier molecular flexibility index (Phi) is 6.50. The van der Waals surface area contributed by atoms with E-state index in [0.717, 1.165) is 11.1 Å². The quantitative estimate of drug-likeness (QED) is 0.414. The van der Waals surface area contributed by atoms with E-state index in [1.807, 2.05) is 24.3 Å². The molecule has 0 radical (unpaired) electrons. The molecular formula is C22H22O4. The molecule has 0 unspecified atom stereocenters. The number of hydrogen-bond donors (Lipinski definition) is 0. The van der Waals surface area contributed by atoms with Crippen LogP contribution in [-0.2, 0) is 22.4 Å². The molecule has 4 heteroatoms. The van der Waals surface area contributed by atoms with E-state index in [9.17, 15) is 9.59 Å². The largest absolute Gasteiger partial charge is 0.426 e. The summed E-state index contributed by atoms with van der Waals surface area (Å²) in [5.74, 6) is -0.0121. The van der Waals surface area contributed by atoms with Crippen molar-refractivity contribution in [2.24, 2.45) is 0 Å². The first-order valence-electron chi connectivity index (χ1n) is 8.29. The zero-order chi connectivity index (χ0) is 19.1. The summed E-state index contributed by atoms with van der Waals surface area (Å²) in [6, 6.07) is 11.1. The van der Waals surface area contributed by atoms with E-state index < -0.39 is 11.9 Å². The lowest BCUT2D eigenvalue weighted by Gasteiger charge is -2.15. The van der Waals surface area contributed by atoms with Gasteiger partial charge in [0, 0.05) is 25.0 Å². The fourth-order valence-corrected chi connectivity index (χ4v) is 2.65. The number of carbonyl (C=O) groups excluding carboxylic acids is 2. The van der Waals surface area contributed by atoms with Crippen LogP contribution in [0.2, 0.25) is 0 Å². The molecule has 0 aliphatic heterocycles. The molecule has 134 valence electrons. The summed E-state index contributed by atoms with van der Waals surface area (Å²) in [5.41, 5.74) is 3.38. The molecule has 0 N–H and O–H groups in total. The topological polar surface area (TPSA) is 52.6 Å². The van der Waals surface area contributed by atoms with Crippen LogP contribution >= 0.6 is 0 Å². The van der Waals surface area contributed by atoms with Crippen molar-refractivity contribution in [2.45, 2.75) is 26.7 Å². The summed E-state index contributed by atoms with van der Waals surface area (Å²) in [4.78, 5) is 23.0. The summed E-state index contributed by atoms with van der Waals surface area (Å²) in [6.07, 6.45) is 4.93. The van der Waals surface area contributed by atoms with Crippen molar-refractivity contribution in [3.05, 3.63) is 72.8 Å². The number of benzene rings is 2. The number of ether oxygens (including phenoxy) is 2. The van der Waals surface area contributed by atoms with E-state index in [1.165, 1.54) is 13.8 Å². The number of hydrogen-bond acceptors (Lipinski definition) is 4. The van der Waals surface area contributed by atoms with Crippen LogP contribution < -0.4 is 9.47 Å². The molecule has 0 saturated carbocycles.